The Kier molecular flexibility index (Phi) is 2.82. The predicted octanol–water partition coefficient (Wildman–Crippen LogP) is 1.21. The van der Waals surface area contributed by atoms with Crippen LogP contribution in [0.4, 0.5) is 17.4 Å². The minimum atomic E-state index is -5.23. The number of rotatable bonds is 2. The van der Waals surface area contributed by atoms with Crippen molar-refractivity contribution in [1.29, 1.82) is 0 Å². The minimum Gasteiger partial charge on any atom is -0.309 e. The van der Waals surface area contributed by atoms with Gasteiger partial charge >= 0.3 is 14.0 Å². The van der Waals surface area contributed by atoms with E-state index in [9.17, 15) is 21.9 Å². The zero-order chi connectivity index (χ0) is 8.41. The van der Waals surface area contributed by atoms with Gasteiger partial charge in [-0.1, -0.05) is 0 Å². The van der Waals surface area contributed by atoms with Crippen LogP contribution in [0.5, 0.6) is 0 Å². The molecule has 0 rings (SSSR count). The molecule has 0 aliphatic rings. The first-order valence-electron chi connectivity index (χ1n) is 2.05. The maximum Gasteiger partial charge on any atom is 0.440 e. The van der Waals surface area contributed by atoms with Crippen LogP contribution in [-0.4, -0.2) is 17.6 Å². The molecule has 0 aliphatic carbocycles. The van der Waals surface area contributed by atoms with E-state index in [0.29, 0.717) is 0 Å². The number of hydrogen-bond donors (Lipinski definition) is 2. The predicted molar refractivity (Wildman–Crippen MR) is 25.0 cm³/mol. The highest BCUT2D eigenvalue weighted by Gasteiger charge is 2.30. The summed E-state index contributed by atoms with van der Waals surface area (Å²) in [7, 11) is -5.23. The van der Waals surface area contributed by atoms with Crippen molar-refractivity contribution in [1.82, 2.24) is 5.09 Å². The quantitative estimate of drug-likeness (QED) is 0.497. The van der Waals surface area contributed by atoms with Crippen LogP contribution in [0.25, 0.3) is 0 Å². The summed E-state index contributed by atoms with van der Waals surface area (Å²) < 4.78 is 54.3. The van der Waals surface area contributed by atoms with Gasteiger partial charge in [-0.05, 0) is 0 Å². The molecule has 0 saturated carbocycles. The minimum absolute atomic E-state index is 0.781. The molecule has 0 saturated heterocycles. The molecule has 62 valence electrons. The Morgan fingerprint density at radius 3 is 2.00 bits per heavy atom. The third-order valence-corrected chi connectivity index (χ3v) is 1.02. The van der Waals surface area contributed by atoms with Crippen LogP contribution in [0.3, 0.4) is 0 Å². The second-order valence-electron chi connectivity index (χ2n) is 1.45. The molecule has 0 spiro atoms. The zero-order valence-corrected chi connectivity index (χ0v) is 5.42. The molecule has 0 fully saturated rings. The molecular formula is C2H4F4NO2P. The lowest BCUT2D eigenvalue weighted by atomic mass is 10.7. The Morgan fingerprint density at radius 1 is 1.50 bits per heavy atom. The van der Waals surface area contributed by atoms with Crippen LogP contribution < -0.4 is 5.09 Å². The van der Waals surface area contributed by atoms with Gasteiger partial charge in [-0.2, -0.15) is 13.2 Å². The maximum absolute atomic E-state index is 11.4. The second-order valence-corrected chi connectivity index (χ2v) is 2.77. The van der Waals surface area contributed by atoms with Crippen LogP contribution in [0.2, 0.25) is 0 Å². The van der Waals surface area contributed by atoms with E-state index in [1.54, 1.807) is 0 Å². The van der Waals surface area contributed by atoms with Gasteiger partial charge in [0, 0.05) is 0 Å². The number of nitrogens with one attached hydrogen (secondary N) is 1. The van der Waals surface area contributed by atoms with Crippen molar-refractivity contribution in [2.24, 2.45) is 0 Å². The number of halogens is 4. The number of hydrogen-bond acceptors (Lipinski definition) is 1. The van der Waals surface area contributed by atoms with E-state index in [1.807, 2.05) is 0 Å². The highest BCUT2D eigenvalue weighted by atomic mass is 31.2. The Hall–Kier alpha value is -0.130. The molecule has 2 N–H and O–H groups in total. The highest BCUT2D eigenvalue weighted by Crippen LogP contribution is 2.37. The average Bonchev–Trinajstić information content (AvgIpc) is 1.57. The zero-order valence-electron chi connectivity index (χ0n) is 4.52. The molecule has 0 aliphatic heterocycles. The summed E-state index contributed by atoms with van der Waals surface area (Å²) in [5.74, 6) is 0. The second kappa shape index (κ2) is 2.86. The van der Waals surface area contributed by atoms with Crippen molar-refractivity contribution in [3.05, 3.63) is 0 Å². The van der Waals surface area contributed by atoms with Gasteiger partial charge in [0.2, 0.25) is 0 Å². The fourth-order valence-corrected chi connectivity index (χ4v) is 0.561. The van der Waals surface area contributed by atoms with Crippen molar-refractivity contribution in [3.63, 3.8) is 0 Å². The first-order chi connectivity index (χ1) is 4.21. The first-order valence-corrected chi connectivity index (χ1v) is 3.60. The van der Waals surface area contributed by atoms with Crippen LogP contribution in [0.15, 0.2) is 0 Å². The van der Waals surface area contributed by atoms with E-state index in [0.717, 1.165) is 5.09 Å². The van der Waals surface area contributed by atoms with Gasteiger partial charge in [0.05, 0.1) is 0 Å². The van der Waals surface area contributed by atoms with Gasteiger partial charge < -0.3 is 4.89 Å². The van der Waals surface area contributed by atoms with Crippen molar-refractivity contribution >= 4 is 7.83 Å². The molecule has 0 bridgehead atoms. The summed E-state index contributed by atoms with van der Waals surface area (Å²) >= 11 is 0. The molecule has 10 heavy (non-hydrogen) atoms. The van der Waals surface area contributed by atoms with Gasteiger partial charge in [0.25, 0.3) is 0 Å². The SMILES string of the molecule is O=P(O)(F)NCC(F)(F)F. The third kappa shape index (κ3) is 7.87. The van der Waals surface area contributed by atoms with Crippen LogP contribution in [0.1, 0.15) is 0 Å². The Balaban J connectivity index is 3.67. The molecular weight excluding hydrogens is 177 g/mol. The highest BCUT2D eigenvalue weighted by molar-refractivity contribution is 7.50. The lowest BCUT2D eigenvalue weighted by Gasteiger charge is -2.06. The smallest absolute Gasteiger partial charge is 0.309 e. The van der Waals surface area contributed by atoms with Crippen molar-refractivity contribution in [2.75, 3.05) is 6.54 Å². The summed E-state index contributed by atoms with van der Waals surface area (Å²) in [6.45, 7) is -1.81. The molecule has 3 nitrogen and oxygen atoms in total. The van der Waals surface area contributed by atoms with Crippen molar-refractivity contribution in [2.45, 2.75) is 6.18 Å². The molecule has 0 amide bonds. The standard InChI is InChI=1S/C2H4F4NO2P/c3-2(4,5)1-7-10(6,8)9/h1H2,(H2,7,8,9). The normalized spacial score (nSPS) is 18.5. The van der Waals surface area contributed by atoms with Gasteiger partial charge in [-0.15, -0.1) is 4.20 Å². The summed E-state index contributed by atoms with van der Waals surface area (Å²) in [5.41, 5.74) is 0. The van der Waals surface area contributed by atoms with E-state index < -0.39 is 20.6 Å². The van der Waals surface area contributed by atoms with Gasteiger partial charge in [-0.25, -0.2) is 9.65 Å². The maximum atomic E-state index is 11.4. The Labute approximate surface area is 53.7 Å². The van der Waals surface area contributed by atoms with Crippen LogP contribution in [-0.2, 0) is 4.57 Å². The van der Waals surface area contributed by atoms with E-state index in [4.69, 9.17) is 4.89 Å². The molecule has 0 aromatic rings. The van der Waals surface area contributed by atoms with E-state index >= 15 is 0 Å². The Bertz CT molecular complexity index is 150. The van der Waals surface area contributed by atoms with Gasteiger partial charge in [-0.3, -0.25) is 0 Å². The van der Waals surface area contributed by atoms with Gasteiger partial charge in [0.15, 0.2) is 0 Å². The van der Waals surface area contributed by atoms with E-state index in [-0.39, 0.29) is 0 Å². The molecule has 0 aromatic carbocycles. The Morgan fingerprint density at radius 2 is 1.90 bits per heavy atom. The van der Waals surface area contributed by atoms with Crippen molar-refractivity contribution in [3.8, 4) is 0 Å². The summed E-state index contributed by atoms with van der Waals surface area (Å²) in [6.07, 6.45) is -4.68. The van der Waals surface area contributed by atoms with Gasteiger partial charge in [0.1, 0.15) is 6.54 Å². The fraction of sp³-hybridized carbons (Fsp3) is 1.00. The van der Waals surface area contributed by atoms with E-state index in [2.05, 4.69) is 0 Å². The third-order valence-electron chi connectivity index (χ3n) is 0.475. The fourth-order valence-electron chi connectivity index (χ4n) is 0.187. The first kappa shape index (κ1) is 9.87. The average molecular weight is 181 g/mol. The summed E-state index contributed by atoms with van der Waals surface area (Å²) in [6, 6.07) is 0. The summed E-state index contributed by atoms with van der Waals surface area (Å²) in [5, 5.41) is 0.781. The molecule has 0 aromatic heterocycles. The summed E-state index contributed by atoms with van der Waals surface area (Å²) in [4.78, 5) is 7.66. The monoisotopic (exact) mass is 181 g/mol. The molecule has 0 radical (unpaired) electrons. The molecule has 1 unspecified atom stereocenters. The molecule has 8 heteroatoms. The number of alkyl halides is 3. The van der Waals surface area contributed by atoms with Crippen LogP contribution in [0, 0.1) is 0 Å². The lowest BCUT2D eigenvalue weighted by Crippen LogP contribution is -2.25. The van der Waals surface area contributed by atoms with Crippen LogP contribution >= 0.6 is 7.83 Å². The van der Waals surface area contributed by atoms with E-state index in [1.165, 1.54) is 0 Å². The largest absolute Gasteiger partial charge is 0.440 e. The lowest BCUT2D eigenvalue weighted by molar-refractivity contribution is -0.122. The molecule has 1 atom stereocenters. The topological polar surface area (TPSA) is 49.3 Å². The van der Waals surface area contributed by atoms with Crippen molar-refractivity contribution < 1.29 is 26.8 Å². The molecule has 0 heterocycles.